The maximum atomic E-state index is 11.9. The standard InChI is InChI=1S/C9H12N4O3S/c1-6-3-10-9(16-6)5-12-17(14,15)8-4-11-13-7(8)2/h3-4,12H,5H2,1-2H3,(H,11,13). The van der Waals surface area contributed by atoms with Gasteiger partial charge in [-0.15, -0.1) is 0 Å². The molecule has 0 saturated carbocycles. The van der Waals surface area contributed by atoms with E-state index in [1.165, 1.54) is 12.4 Å². The van der Waals surface area contributed by atoms with E-state index in [4.69, 9.17) is 4.42 Å². The summed E-state index contributed by atoms with van der Waals surface area (Å²) in [7, 11) is -3.58. The smallest absolute Gasteiger partial charge is 0.244 e. The average molecular weight is 256 g/mol. The Morgan fingerprint density at radius 2 is 2.18 bits per heavy atom. The summed E-state index contributed by atoms with van der Waals surface area (Å²) in [5, 5.41) is 6.23. The van der Waals surface area contributed by atoms with Crippen LogP contribution in [0.4, 0.5) is 0 Å². The monoisotopic (exact) mass is 256 g/mol. The van der Waals surface area contributed by atoms with Crippen LogP contribution in [0.15, 0.2) is 21.7 Å². The first-order valence-electron chi connectivity index (χ1n) is 4.90. The van der Waals surface area contributed by atoms with Gasteiger partial charge in [0.15, 0.2) is 0 Å². The summed E-state index contributed by atoms with van der Waals surface area (Å²) in [6.45, 7) is 3.39. The predicted octanol–water partition coefficient (Wildman–Crippen LogP) is 0.493. The minimum absolute atomic E-state index is 0.0147. The maximum Gasteiger partial charge on any atom is 0.244 e. The normalized spacial score (nSPS) is 11.9. The van der Waals surface area contributed by atoms with Gasteiger partial charge >= 0.3 is 0 Å². The summed E-state index contributed by atoms with van der Waals surface area (Å²) in [5.41, 5.74) is 0.487. The molecule has 2 heterocycles. The number of hydrogen-bond donors (Lipinski definition) is 2. The SMILES string of the molecule is Cc1cnc(CNS(=O)(=O)c2cn[nH]c2C)o1. The molecule has 0 fully saturated rings. The van der Waals surface area contributed by atoms with Gasteiger partial charge in [-0.1, -0.05) is 0 Å². The molecule has 8 heteroatoms. The molecule has 0 amide bonds. The molecule has 0 spiro atoms. The van der Waals surface area contributed by atoms with Crippen LogP contribution in [-0.2, 0) is 16.6 Å². The molecule has 92 valence electrons. The van der Waals surface area contributed by atoms with Crippen molar-refractivity contribution in [2.75, 3.05) is 0 Å². The molecule has 0 aromatic carbocycles. The Labute approximate surface area is 98.3 Å². The van der Waals surface area contributed by atoms with E-state index in [0.717, 1.165) is 0 Å². The average Bonchev–Trinajstić information content (AvgIpc) is 2.85. The fourth-order valence-electron chi connectivity index (χ4n) is 1.33. The Hall–Kier alpha value is -1.67. The summed E-state index contributed by atoms with van der Waals surface area (Å²) in [4.78, 5) is 4.03. The van der Waals surface area contributed by atoms with Crippen molar-refractivity contribution < 1.29 is 12.8 Å². The van der Waals surface area contributed by atoms with Gasteiger partial charge in [0, 0.05) is 0 Å². The number of hydrogen-bond acceptors (Lipinski definition) is 5. The van der Waals surface area contributed by atoms with E-state index in [1.54, 1.807) is 13.8 Å². The molecule has 7 nitrogen and oxygen atoms in total. The van der Waals surface area contributed by atoms with Crippen LogP contribution in [0, 0.1) is 13.8 Å². The zero-order valence-corrected chi connectivity index (χ0v) is 10.2. The number of aromatic amines is 1. The number of nitrogens with one attached hydrogen (secondary N) is 2. The molecule has 0 atom stereocenters. The summed E-state index contributed by atoms with van der Waals surface area (Å²) >= 11 is 0. The van der Waals surface area contributed by atoms with Gasteiger partial charge in [-0.25, -0.2) is 18.1 Å². The molecule has 2 rings (SSSR count). The van der Waals surface area contributed by atoms with Crippen molar-refractivity contribution in [3.8, 4) is 0 Å². The van der Waals surface area contributed by atoms with Gasteiger partial charge in [0.1, 0.15) is 10.7 Å². The lowest BCUT2D eigenvalue weighted by molar-refractivity contribution is 0.463. The van der Waals surface area contributed by atoms with E-state index in [1.807, 2.05) is 0 Å². The van der Waals surface area contributed by atoms with Crippen LogP contribution in [-0.4, -0.2) is 23.6 Å². The van der Waals surface area contributed by atoms with Crippen LogP contribution in [0.3, 0.4) is 0 Å². The minimum Gasteiger partial charge on any atom is -0.445 e. The predicted molar refractivity (Wildman–Crippen MR) is 58.6 cm³/mol. The zero-order chi connectivity index (χ0) is 12.5. The number of aromatic nitrogens is 3. The Morgan fingerprint density at radius 1 is 1.41 bits per heavy atom. The van der Waals surface area contributed by atoms with Gasteiger partial charge in [0.05, 0.1) is 24.6 Å². The minimum atomic E-state index is -3.58. The molecule has 17 heavy (non-hydrogen) atoms. The Morgan fingerprint density at radius 3 is 2.71 bits per heavy atom. The van der Waals surface area contributed by atoms with Crippen LogP contribution >= 0.6 is 0 Å². The molecule has 2 aromatic heterocycles. The molecule has 0 aliphatic heterocycles. The number of aryl methyl sites for hydroxylation is 2. The number of sulfonamides is 1. The van der Waals surface area contributed by atoms with Crippen LogP contribution < -0.4 is 4.72 Å². The van der Waals surface area contributed by atoms with E-state index < -0.39 is 10.0 Å². The highest BCUT2D eigenvalue weighted by atomic mass is 32.2. The van der Waals surface area contributed by atoms with Crippen molar-refractivity contribution in [2.24, 2.45) is 0 Å². The van der Waals surface area contributed by atoms with Gasteiger partial charge in [-0.2, -0.15) is 5.10 Å². The zero-order valence-electron chi connectivity index (χ0n) is 9.39. The van der Waals surface area contributed by atoms with Crippen LogP contribution in [0.5, 0.6) is 0 Å². The highest BCUT2D eigenvalue weighted by Gasteiger charge is 2.18. The largest absolute Gasteiger partial charge is 0.445 e. The van der Waals surface area contributed by atoms with Crippen molar-refractivity contribution in [2.45, 2.75) is 25.3 Å². The van der Waals surface area contributed by atoms with E-state index in [2.05, 4.69) is 19.9 Å². The highest BCUT2D eigenvalue weighted by molar-refractivity contribution is 7.89. The molecular weight excluding hydrogens is 244 g/mol. The lowest BCUT2D eigenvalue weighted by Gasteiger charge is -2.02. The molecule has 0 unspecified atom stereocenters. The summed E-state index contributed by atoms with van der Waals surface area (Å²) in [6.07, 6.45) is 2.80. The van der Waals surface area contributed by atoms with E-state index in [0.29, 0.717) is 17.3 Å². The Balaban J connectivity index is 2.11. The van der Waals surface area contributed by atoms with Crippen molar-refractivity contribution in [3.63, 3.8) is 0 Å². The second-order valence-electron chi connectivity index (χ2n) is 3.55. The Kier molecular flexibility index (Phi) is 2.99. The van der Waals surface area contributed by atoms with Gasteiger partial charge in [0.25, 0.3) is 0 Å². The Bertz CT molecular complexity index is 614. The number of oxazole rings is 1. The van der Waals surface area contributed by atoms with Crippen molar-refractivity contribution in [1.82, 2.24) is 19.9 Å². The second kappa shape index (κ2) is 4.30. The third-order valence-corrected chi connectivity index (χ3v) is 3.67. The van der Waals surface area contributed by atoms with Gasteiger partial charge in [0.2, 0.25) is 15.9 Å². The molecule has 2 N–H and O–H groups in total. The number of rotatable bonds is 4. The fraction of sp³-hybridized carbons (Fsp3) is 0.333. The summed E-state index contributed by atoms with van der Waals surface area (Å²) in [6, 6.07) is 0. The molecule has 0 aliphatic carbocycles. The first kappa shape index (κ1) is 11.8. The molecule has 0 aliphatic rings. The molecule has 0 bridgehead atoms. The second-order valence-corrected chi connectivity index (χ2v) is 5.28. The number of H-pyrrole nitrogens is 1. The van der Waals surface area contributed by atoms with Crippen LogP contribution in [0.25, 0.3) is 0 Å². The molecular formula is C9H12N4O3S. The van der Waals surface area contributed by atoms with Crippen molar-refractivity contribution in [3.05, 3.63) is 29.7 Å². The summed E-state index contributed by atoms with van der Waals surface area (Å²) < 4.78 is 31.3. The lowest BCUT2D eigenvalue weighted by Crippen LogP contribution is -2.23. The maximum absolute atomic E-state index is 11.9. The van der Waals surface area contributed by atoms with Gasteiger partial charge in [-0.3, -0.25) is 5.10 Å². The quantitative estimate of drug-likeness (QED) is 0.829. The van der Waals surface area contributed by atoms with Crippen LogP contribution in [0.1, 0.15) is 17.3 Å². The highest BCUT2D eigenvalue weighted by Crippen LogP contribution is 2.11. The molecule has 2 aromatic rings. The van der Waals surface area contributed by atoms with E-state index in [-0.39, 0.29) is 11.4 Å². The third kappa shape index (κ3) is 2.53. The van der Waals surface area contributed by atoms with E-state index >= 15 is 0 Å². The van der Waals surface area contributed by atoms with Gasteiger partial charge in [-0.05, 0) is 13.8 Å². The fourth-order valence-corrected chi connectivity index (χ4v) is 2.44. The topological polar surface area (TPSA) is 101 Å². The molecule has 0 radical (unpaired) electrons. The molecule has 0 saturated heterocycles. The van der Waals surface area contributed by atoms with E-state index in [9.17, 15) is 8.42 Å². The first-order valence-corrected chi connectivity index (χ1v) is 6.38. The van der Waals surface area contributed by atoms with Crippen molar-refractivity contribution in [1.29, 1.82) is 0 Å². The first-order chi connectivity index (χ1) is 7.99. The summed E-state index contributed by atoms with van der Waals surface area (Å²) in [5.74, 6) is 0.964. The van der Waals surface area contributed by atoms with Crippen molar-refractivity contribution >= 4 is 10.0 Å². The van der Waals surface area contributed by atoms with Gasteiger partial charge < -0.3 is 4.42 Å². The third-order valence-electron chi connectivity index (χ3n) is 2.16. The number of nitrogens with zero attached hydrogens (tertiary/aromatic N) is 2. The lowest BCUT2D eigenvalue weighted by atomic mass is 10.5. The van der Waals surface area contributed by atoms with Crippen LogP contribution in [0.2, 0.25) is 0 Å².